The summed E-state index contributed by atoms with van der Waals surface area (Å²) in [5.41, 5.74) is 2.96. The van der Waals surface area contributed by atoms with Crippen LogP contribution in [-0.4, -0.2) is 42.5 Å². The van der Waals surface area contributed by atoms with Crippen LogP contribution in [0.2, 0.25) is 0 Å². The van der Waals surface area contributed by atoms with Crippen molar-refractivity contribution in [2.75, 3.05) is 19.0 Å². The number of hydrogen-bond acceptors (Lipinski definition) is 7. The molecule has 2 heterocycles. The normalized spacial score (nSPS) is 15.3. The predicted octanol–water partition coefficient (Wildman–Crippen LogP) is 5.54. The zero-order chi connectivity index (χ0) is 24.8. The van der Waals surface area contributed by atoms with E-state index in [0.717, 1.165) is 11.1 Å². The van der Waals surface area contributed by atoms with E-state index in [1.54, 1.807) is 25.3 Å². The molecule has 2 amide bonds. The molecular weight excluding hydrogens is 466 g/mol. The van der Waals surface area contributed by atoms with Crippen LogP contribution in [0.25, 0.3) is 0 Å². The van der Waals surface area contributed by atoms with Crippen LogP contribution in [0.4, 0.5) is 10.5 Å². The van der Waals surface area contributed by atoms with E-state index < -0.39 is 12.2 Å². The predicted molar refractivity (Wildman–Crippen MR) is 136 cm³/mol. The van der Waals surface area contributed by atoms with Crippen molar-refractivity contribution >= 4 is 34.7 Å². The van der Waals surface area contributed by atoms with Gasteiger partial charge in [-0.2, -0.15) is 10.1 Å². The monoisotopic (exact) mass is 493 g/mol. The van der Waals surface area contributed by atoms with E-state index in [1.165, 1.54) is 16.3 Å². The van der Waals surface area contributed by atoms with Gasteiger partial charge in [-0.3, -0.25) is 4.79 Å². The summed E-state index contributed by atoms with van der Waals surface area (Å²) in [6.07, 6.45) is -0.377. The van der Waals surface area contributed by atoms with Crippen molar-refractivity contribution in [3.05, 3.63) is 76.0 Å². The second-order valence-corrected chi connectivity index (χ2v) is 8.70. The molecule has 1 unspecified atom stereocenters. The summed E-state index contributed by atoms with van der Waals surface area (Å²) in [5.74, 6) is 1.08. The molecule has 0 bridgehead atoms. The number of hydrazone groups is 1. The van der Waals surface area contributed by atoms with Crippen LogP contribution in [-0.2, 0) is 11.3 Å². The highest BCUT2D eigenvalue weighted by Gasteiger charge is 2.31. The van der Waals surface area contributed by atoms with Gasteiger partial charge in [-0.15, -0.1) is 11.3 Å². The van der Waals surface area contributed by atoms with Crippen molar-refractivity contribution in [2.24, 2.45) is 5.10 Å². The standard InChI is InChI=1S/C26H27N3O5S/c1-4-20-24(18-10-13-21(32-3)22(15-18)33-5-2)28-29(26(31)34-20)16-17-8-11-19(12-9-17)27-25(30)23-7-6-14-35-23/h6-15,20H,4-5,16H2,1-3H3,(H,27,30). The van der Waals surface area contributed by atoms with Crippen LogP contribution in [0, 0.1) is 0 Å². The van der Waals surface area contributed by atoms with Crippen LogP contribution in [0.15, 0.2) is 65.1 Å². The second-order valence-electron chi connectivity index (χ2n) is 7.75. The molecule has 0 aliphatic carbocycles. The summed E-state index contributed by atoms with van der Waals surface area (Å²) >= 11 is 1.38. The Kier molecular flexibility index (Phi) is 7.67. The Labute approximate surface area is 208 Å². The third-order valence-electron chi connectivity index (χ3n) is 5.41. The number of carbonyl (C=O) groups excluding carboxylic acids is 2. The van der Waals surface area contributed by atoms with Crippen LogP contribution in [0.3, 0.4) is 0 Å². The van der Waals surface area contributed by atoms with Gasteiger partial charge >= 0.3 is 6.09 Å². The molecule has 1 aromatic heterocycles. The summed E-state index contributed by atoms with van der Waals surface area (Å²) in [5, 5.41) is 10.7. The van der Waals surface area contributed by atoms with E-state index >= 15 is 0 Å². The van der Waals surface area contributed by atoms with Gasteiger partial charge in [-0.1, -0.05) is 25.1 Å². The molecule has 9 heteroatoms. The SMILES string of the molecule is CCOc1cc(C2=NN(Cc3ccc(NC(=O)c4cccs4)cc3)C(=O)OC2CC)ccc1OC. The maximum atomic E-state index is 12.7. The van der Waals surface area contributed by atoms with Gasteiger partial charge in [-0.25, -0.2) is 4.79 Å². The van der Waals surface area contributed by atoms with Gasteiger partial charge < -0.3 is 19.5 Å². The molecular formula is C26H27N3O5S. The zero-order valence-corrected chi connectivity index (χ0v) is 20.6. The molecule has 1 aliphatic rings. The van der Waals surface area contributed by atoms with Gasteiger partial charge in [0.15, 0.2) is 11.5 Å². The molecule has 1 atom stereocenters. The first-order valence-electron chi connectivity index (χ1n) is 11.3. The maximum absolute atomic E-state index is 12.7. The van der Waals surface area contributed by atoms with Gasteiger partial charge in [0.2, 0.25) is 0 Å². The molecule has 1 N–H and O–H groups in total. The van der Waals surface area contributed by atoms with Crippen molar-refractivity contribution in [1.82, 2.24) is 5.01 Å². The highest BCUT2D eigenvalue weighted by Crippen LogP contribution is 2.30. The highest BCUT2D eigenvalue weighted by molar-refractivity contribution is 7.12. The molecule has 1 aliphatic heterocycles. The van der Waals surface area contributed by atoms with E-state index in [1.807, 2.05) is 55.6 Å². The maximum Gasteiger partial charge on any atom is 0.431 e. The minimum Gasteiger partial charge on any atom is -0.493 e. The van der Waals surface area contributed by atoms with E-state index in [4.69, 9.17) is 14.2 Å². The summed E-state index contributed by atoms with van der Waals surface area (Å²) in [4.78, 5) is 25.5. The summed E-state index contributed by atoms with van der Waals surface area (Å²) in [7, 11) is 1.59. The number of ether oxygens (including phenoxy) is 3. The average Bonchev–Trinajstić information content (AvgIpc) is 3.42. The minimum atomic E-state index is -0.505. The lowest BCUT2D eigenvalue weighted by Gasteiger charge is -2.29. The molecule has 8 nitrogen and oxygen atoms in total. The van der Waals surface area contributed by atoms with Crippen molar-refractivity contribution in [1.29, 1.82) is 0 Å². The van der Waals surface area contributed by atoms with Crippen molar-refractivity contribution in [3.8, 4) is 11.5 Å². The molecule has 0 radical (unpaired) electrons. The number of thiophene rings is 1. The lowest BCUT2D eigenvalue weighted by molar-refractivity contribution is 0.0712. The van der Waals surface area contributed by atoms with Crippen molar-refractivity contribution in [3.63, 3.8) is 0 Å². The number of carbonyl (C=O) groups is 2. The largest absolute Gasteiger partial charge is 0.493 e. The Morgan fingerprint density at radius 1 is 1.14 bits per heavy atom. The number of hydrogen-bond donors (Lipinski definition) is 1. The van der Waals surface area contributed by atoms with E-state index in [9.17, 15) is 9.59 Å². The van der Waals surface area contributed by atoms with Gasteiger partial charge in [0.25, 0.3) is 5.91 Å². The molecule has 0 spiro atoms. The molecule has 35 heavy (non-hydrogen) atoms. The number of nitrogens with one attached hydrogen (secondary N) is 1. The molecule has 4 rings (SSSR count). The zero-order valence-electron chi connectivity index (χ0n) is 19.8. The van der Waals surface area contributed by atoms with Crippen LogP contribution in [0.1, 0.15) is 41.1 Å². The van der Waals surface area contributed by atoms with Crippen LogP contribution >= 0.6 is 11.3 Å². The summed E-state index contributed by atoms with van der Waals surface area (Å²) < 4.78 is 16.8. The summed E-state index contributed by atoms with van der Waals surface area (Å²) in [6.45, 7) is 4.57. The second kappa shape index (κ2) is 11.1. The fourth-order valence-electron chi connectivity index (χ4n) is 3.67. The number of anilines is 1. The Balaban J connectivity index is 1.53. The third kappa shape index (κ3) is 5.63. The highest BCUT2D eigenvalue weighted by atomic mass is 32.1. The third-order valence-corrected chi connectivity index (χ3v) is 6.28. The number of nitrogens with zero attached hydrogens (tertiary/aromatic N) is 2. The van der Waals surface area contributed by atoms with E-state index in [-0.39, 0.29) is 12.5 Å². The number of methoxy groups -OCH3 is 1. The number of rotatable bonds is 9. The molecule has 2 aromatic carbocycles. The number of amides is 2. The molecule has 0 saturated heterocycles. The Morgan fingerprint density at radius 2 is 1.94 bits per heavy atom. The summed E-state index contributed by atoms with van der Waals surface area (Å²) in [6, 6.07) is 16.5. The van der Waals surface area contributed by atoms with Crippen LogP contribution in [0.5, 0.6) is 11.5 Å². The Bertz CT molecular complexity index is 1210. The topological polar surface area (TPSA) is 89.5 Å². The Morgan fingerprint density at radius 3 is 2.60 bits per heavy atom. The first-order chi connectivity index (χ1) is 17.0. The first kappa shape index (κ1) is 24.3. The van der Waals surface area contributed by atoms with Gasteiger partial charge in [0.1, 0.15) is 11.8 Å². The molecule has 0 fully saturated rings. The Hall–Kier alpha value is -3.85. The number of cyclic esters (lactones) is 1. The van der Waals surface area contributed by atoms with Gasteiger partial charge in [0.05, 0.1) is 25.1 Å². The average molecular weight is 494 g/mol. The van der Waals surface area contributed by atoms with Gasteiger partial charge in [0, 0.05) is 11.3 Å². The molecule has 3 aromatic rings. The smallest absolute Gasteiger partial charge is 0.431 e. The van der Waals surface area contributed by atoms with Gasteiger partial charge in [-0.05, 0) is 60.7 Å². The number of benzene rings is 2. The fraction of sp³-hybridized carbons (Fsp3) is 0.269. The quantitative estimate of drug-likeness (QED) is 0.423. The lowest BCUT2D eigenvalue weighted by atomic mass is 10.0. The first-order valence-corrected chi connectivity index (χ1v) is 12.2. The minimum absolute atomic E-state index is 0.155. The van der Waals surface area contributed by atoms with Crippen molar-refractivity contribution < 1.29 is 23.8 Å². The van der Waals surface area contributed by atoms with E-state index in [2.05, 4.69) is 10.4 Å². The fourth-order valence-corrected chi connectivity index (χ4v) is 4.28. The molecule has 0 saturated carbocycles. The van der Waals surface area contributed by atoms with Crippen LogP contribution < -0.4 is 14.8 Å². The molecule has 182 valence electrons. The van der Waals surface area contributed by atoms with Crippen molar-refractivity contribution in [2.45, 2.75) is 32.9 Å². The lowest BCUT2D eigenvalue weighted by Crippen LogP contribution is -2.41. The van der Waals surface area contributed by atoms with E-state index in [0.29, 0.717) is 40.8 Å².